The van der Waals surface area contributed by atoms with E-state index in [1.54, 1.807) is 25.1 Å². The maximum absolute atomic E-state index is 9.69. The van der Waals surface area contributed by atoms with Crippen LogP contribution in [0.15, 0.2) is 29.4 Å². The van der Waals surface area contributed by atoms with Crippen LogP contribution in [0.25, 0.3) is 0 Å². The van der Waals surface area contributed by atoms with Crippen LogP contribution < -0.4 is 0 Å². The van der Waals surface area contributed by atoms with Gasteiger partial charge in [-0.2, -0.15) is 4.98 Å². The number of phenols is 1. The van der Waals surface area contributed by atoms with Gasteiger partial charge in [0.15, 0.2) is 5.16 Å². The van der Waals surface area contributed by atoms with Crippen LogP contribution in [0.1, 0.15) is 11.3 Å². The van der Waals surface area contributed by atoms with E-state index in [0.29, 0.717) is 27.2 Å². The summed E-state index contributed by atoms with van der Waals surface area (Å²) in [5.74, 6) is 0.522. The van der Waals surface area contributed by atoms with E-state index in [4.69, 9.17) is 11.6 Å². The first-order valence-corrected chi connectivity index (χ1v) is 6.56. The highest BCUT2D eigenvalue weighted by atomic mass is 35.5. The third kappa shape index (κ3) is 3.05. The zero-order valence-electron chi connectivity index (χ0n) is 9.59. The lowest BCUT2D eigenvalue weighted by Gasteiger charge is -2.06. The molecule has 0 amide bonds. The van der Waals surface area contributed by atoms with Crippen LogP contribution in [0.5, 0.6) is 11.6 Å². The number of halogens is 1. The number of aromatic hydroxyl groups is 2. The number of nitrogens with zero attached hydrogens (tertiary/aromatic N) is 2. The molecule has 94 valence electrons. The smallest absolute Gasteiger partial charge is 0.215 e. The second-order valence-corrected chi connectivity index (χ2v) is 5.03. The molecule has 0 saturated heterocycles. The molecule has 0 radical (unpaired) electrons. The second kappa shape index (κ2) is 5.46. The predicted octanol–water partition coefficient (Wildman–Crippen LogP) is 3.14. The highest BCUT2D eigenvalue weighted by Gasteiger charge is 2.08. The van der Waals surface area contributed by atoms with Crippen molar-refractivity contribution in [1.29, 1.82) is 0 Å². The lowest BCUT2D eigenvalue weighted by atomic mass is 10.2. The van der Waals surface area contributed by atoms with Gasteiger partial charge in [0.25, 0.3) is 0 Å². The highest BCUT2D eigenvalue weighted by molar-refractivity contribution is 7.98. The predicted molar refractivity (Wildman–Crippen MR) is 71.1 cm³/mol. The summed E-state index contributed by atoms with van der Waals surface area (Å²) < 4.78 is 0. The lowest BCUT2D eigenvalue weighted by Crippen LogP contribution is -1.91. The molecule has 1 aromatic carbocycles. The molecular weight excluding hydrogens is 272 g/mol. The molecule has 0 spiro atoms. The van der Waals surface area contributed by atoms with Gasteiger partial charge in [-0.25, -0.2) is 4.98 Å². The quantitative estimate of drug-likeness (QED) is 0.669. The zero-order valence-corrected chi connectivity index (χ0v) is 11.2. The third-order valence-electron chi connectivity index (χ3n) is 2.26. The van der Waals surface area contributed by atoms with Gasteiger partial charge >= 0.3 is 0 Å². The van der Waals surface area contributed by atoms with Crippen molar-refractivity contribution < 1.29 is 10.2 Å². The molecule has 1 aromatic heterocycles. The fraction of sp³-hybridized carbons (Fsp3) is 0.167. The van der Waals surface area contributed by atoms with Gasteiger partial charge in [-0.1, -0.05) is 29.4 Å². The molecule has 6 heteroatoms. The fourth-order valence-electron chi connectivity index (χ4n) is 1.42. The molecule has 0 saturated carbocycles. The first-order chi connectivity index (χ1) is 8.56. The third-order valence-corrected chi connectivity index (χ3v) is 3.49. The monoisotopic (exact) mass is 282 g/mol. The summed E-state index contributed by atoms with van der Waals surface area (Å²) in [4.78, 5) is 8.07. The van der Waals surface area contributed by atoms with Crippen molar-refractivity contribution in [3.8, 4) is 11.6 Å². The Morgan fingerprint density at radius 1 is 1.28 bits per heavy atom. The normalized spacial score (nSPS) is 10.6. The van der Waals surface area contributed by atoms with Crippen molar-refractivity contribution in [1.82, 2.24) is 9.97 Å². The summed E-state index contributed by atoms with van der Waals surface area (Å²) in [7, 11) is 0. The molecule has 0 atom stereocenters. The van der Waals surface area contributed by atoms with Gasteiger partial charge in [-0.3, -0.25) is 0 Å². The standard InChI is InChI=1S/C12H11ClN2O2S/c1-7-5-11(17)15-12(14-7)18-6-8-9(13)3-2-4-10(8)16/h2-5,16H,6H2,1H3,(H,14,15,17). The van der Waals surface area contributed by atoms with Crippen LogP contribution in [-0.2, 0) is 5.75 Å². The van der Waals surface area contributed by atoms with Gasteiger partial charge in [-0.05, 0) is 19.1 Å². The summed E-state index contributed by atoms with van der Waals surface area (Å²) in [5, 5.41) is 20.0. The zero-order chi connectivity index (χ0) is 13.1. The number of rotatable bonds is 3. The van der Waals surface area contributed by atoms with E-state index in [1.807, 2.05) is 0 Å². The van der Waals surface area contributed by atoms with Crippen LogP contribution in [0.2, 0.25) is 5.02 Å². The minimum Gasteiger partial charge on any atom is -0.508 e. The minimum atomic E-state index is -0.0617. The maximum Gasteiger partial charge on any atom is 0.215 e. The minimum absolute atomic E-state index is 0.0617. The number of aromatic nitrogens is 2. The number of hydrogen-bond acceptors (Lipinski definition) is 5. The molecule has 0 fully saturated rings. The summed E-state index contributed by atoms with van der Waals surface area (Å²) >= 11 is 7.30. The molecule has 0 unspecified atom stereocenters. The average Bonchev–Trinajstić information content (AvgIpc) is 2.27. The number of benzene rings is 1. The van der Waals surface area contributed by atoms with Gasteiger partial charge in [0.2, 0.25) is 5.88 Å². The Bertz CT molecular complexity index is 537. The van der Waals surface area contributed by atoms with Crippen molar-refractivity contribution in [3.05, 3.63) is 40.5 Å². The van der Waals surface area contributed by atoms with Crippen molar-refractivity contribution in [3.63, 3.8) is 0 Å². The van der Waals surface area contributed by atoms with Gasteiger partial charge in [0.1, 0.15) is 5.75 Å². The first-order valence-electron chi connectivity index (χ1n) is 5.20. The van der Waals surface area contributed by atoms with Gasteiger partial charge in [-0.15, -0.1) is 0 Å². The average molecular weight is 283 g/mol. The van der Waals surface area contributed by atoms with Crippen molar-refractivity contribution >= 4 is 23.4 Å². The molecule has 0 aliphatic carbocycles. The Kier molecular flexibility index (Phi) is 3.93. The molecule has 0 aliphatic heterocycles. The number of thioether (sulfide) groups is 1. The highest BCUT2D eigenvalue weighted by Crippen LogP contribution is 2.31. The maximum atomic E-state index is 9.69. The Labute approximate surface area is 114 Å². The SMILES string of the molecule is Cc1cc(O)nc(SCc2c(O)cccc2Cl)n1. The van der Waals surface area contributed by atoms with Crippen LogP contribution in [0.3, 0.4) is 0 Å². The van der Waals surface area contributed by atoms with E-state index in [0.717, 1.165) is 0 Å². The van der Waals surface area contributed by atoms with Crippen molar-refractivity contribution in [2.24, 2.45) is 0 Å². The number of phenolic OH excluding ortho intramolecular Hbond substituents is 1. The Morgan fingerprint density at radius 3 is 2.72 bits per heavy atom. The van der Waals surface area contributed by atoms with Crippen LogP contribution in [-0.4, -0.2) is 20.2 Å². The molecule has 1 heterocycles. The van der Waals surface area contributed by atoms with E-state index in [1.165, 1.54) is 17.8 Å². The molecule has 2 rings (SSSR count). The first kappa shape index (κ1) is 13.0. The van der Waals surface area contributed by atoms with E-state index >= 15 is 0 Å². The summed E-state index contributed by atoms with van der Waals surface area (Å²) in [6, 6.07) is 6.46. The molecule has 0 aliphatic rings. The Morgan fingerprint density at radius 2 is 2.06 bits per heavy atom. The molecule has 2 aromatic rings. The Hall–Kier alpha value is -1.46. The number of aryl methyl sites for hydroxylation is 1. The van der Waals surface area contributed by atoms with Crippen LogP contribution >= 0.6 is 23.4 Å². The summed E-state index contributed by atoms with van der Waals surface area (Å²) in [6.07, 6.45) is 0. The summed E-state index contributed by atoms with van der Waals surface area (Å²) in [6.45, 7) is 1.78. The van der Waals surface area contributed by atoms with E-state index < -0.39 is 0 Å². The van der Waals surface area contributed by atoms with E-state index in [9.17, 15) is 10.2 Å². The van der Waals surface area contributed by atoms with Gasteiger partial charge in [0.05, 0.1) is 0 Å². The fourth-order valence-corrected chi connectivity index (χ4v) is 2.68. The molecule has 18 heavy (non-hydrogen) atoms. The Balaban J connectivity index is 2.16. The van der Waals surface area contributed by atoms with Crippen LogP contribution in [0, 0.1) is 6.92 Å². The molecular formula is C12H11ClN2O2S. The second-order valence-electron chi connectivity index (χ2n) is 3.68. The summed E-state index contributed by atoms with van der Waals surface area (Å²) in [5.41, 5.74) is 1.32. The molecule has 0 bridgehead atoms. The van der Waals surface area contributed by atoms with Crippen LogP contribution in [0.4, 0.5) is 0 Å². The van der Waals surface area contributed by atoms with E-state index in [2.05, 4.69) is 9.97 Å². The van der Waals surface area contributed by atoms with E-state index in [-0.39, 0.29) is 11.6 Å². The van der Waals surface area contributed by atoms with Gasteiger partial charge < -0.3 is 10.2 Å². The molecule has 4 nitrogen and oxygen atoms in total. The molecule has 2 N–H and O–H groups in total. The number of hydrogen-bond donors (Lipinski definition) is 2. The largest absolute Gasteiger partial charge is 0.508 e. The topological polar surface area (TPSA) is 66.2 Å². The van der Waals surface area contributed by atoms with Crippen molar-refractivity contribution in [2.45, 2.75) is 17.8 Å². The lowest BCUT2D eigenvalue weighted by molar-refractivity contribution is 0.444. The van der Waals surface area contributed by atoms with Gasteiger partial charge in [0, 0.05) is 28.1 Å². The van der Waals surface area contributed by atoms with Crippen molar-refractivity contribution in [2.75, 3.05) is 0 Å².